The van der Waals surface area contributed by atoms with E-state index in [2.05, 4.69) is 19.8 Å². The van der Waals surface area contributed by atoms with Gasteiger partial charge in [0.05, 0.1) is 5.60 Å². The van der Waals surface area contributed by atoms with Crippen molar-refractivity contribution in [2.45, 2.75) is 44.6 Å². The topological polar surface area (TPSA) is 9.23 Å². The number of hydrogen-bond acceptors (Lipinski definition) is 2. The first kappa shape index (κ1) is 7.93. The third kappa shape index (κ3) is 1.20. The minimum atomic E-state index is 0.101. The van der Waals surface area contributed by atoms with Gasteiger partial charge in [-0.3, -0.25) is 0 Å². The smallest absolute Gasteiger partial charge is 0.0828 e. The molecule has 0 spiro atoms. The Hall–Kier alpha value is 0.310. The standard InChI is InChI=1S/C9H16OS/c1-9(10-11)6-7-2-4-8(9)5-3-7/h7-8,11H,2-6H2,1H3. The predicted molar refractivity (Wildman–Crippen MR) is 48.5 cm³/mol. The van der Waals surface area contributed by atoms with Crippen molar-refractivity contribution in [1.82, 2.24) is 0 Å². The highest BCUT2D eigenvalue weighted by Crippen LogP contribution is 2.49. The summed E-state index contributed by atoms with van der Waals surface area (Å²) in [7, 11) is 0. The molecule has 0 heterocycles. The molecule has 3 aliphatic rings. The average molecular weight is 172 g/mol. The lowest BCUT2D eigenvalue weighted by Gasteiger charge is -2.48. The van der Waals surface area contributed by atoms with Crippen molar-refractivity contribution in [2.24, 2.45) is 11.8 Å². The molecule has 0 aliphatic heterocycles. The lowest BCUT2D eigenvalue weighted by Crippen LogP contribution is -2.45. The summed E-state index contributed by atoms with van der Waals surface area (Å²) in [5, 5.41) is 0. The maximum Gasteiger partial charge on any atom is 0.0828 e. The number of hydrogen-bond donors (Lipinski definition) is 1. The molecule has 64 valence electrons. The highest BCUT2D eigenvalue weighted by Gasteiger charge is 2.44. The molecule has 3 aliphatic carbocycles. The maximum absolute atomic E-state index is 5.31. The minimum Gasteiger partial charge on any atom is -0.312 e. The molecule has 0 aromatic carbocycles. The van der Waals surface area contributed by atoms with Crippen LogP contribution in [0.25, 0.3) is 0 Å². The van der Waals surface area contributed by atoms with Gasteiger partial charge >= 0.3 is 0 Å². The first-order valence-electron chi connectivity index (χ1n) is 4.57. The Kier molecular flexibility index (Phi) is 1.92. The fourth-order valence-electron chi connectivity index (χ4n) is 2.83. The molecule has 1 atom stereocenters. The van der Waals surface area contributed by atoms with Gasteiger partial charge in [-0.25, -0.2) is 0 Å². The van der Waals surface area contributed by atoms with Crippen LogP contribution in [-0.2, 0) is 4.18 Å². The van der Waals surface area contributed by atoms with Gasteiger partial charge in [-0.15, -0.1) is 0 Å². The molecular formula is C9H16OS. The molecule has 0 amide bonds. The van der Waals surface area contributed by atoms with Crippen molar-refractivity contribution >= 4 is 12.9 Å². The zero-order chi connectivity index (χ0) is 7.90. The largest absolute Gasteiger partial charge is 0.312 e. The van der Waals surface area contributed by atoms with E-state index >= 15 is 0 Å². The van der Waals surface area contributed by atoms with E-state index in [4.69, 9.17) is 4.18 Å². The Morgan fingerprint density at radius 1 is 1.27 bits per heavy atom. The van der Waals surface area contributed by atoms with E-state index in [-0.39, 0.29) is 5.60 Å². The summed E-state index contributed by atoms with van der Waals surface area (Å²) in [6, 6.07) is 0. The van der Waals surface area contributed by atoms with Gasteiger partial charge < -0.3 is 4.18 Å². The molecule has 0 radical (unpaired) electrons. The van der Waals surface area contributed by atoms with Gasteiger partial charge in [-0.05, 0) is 63.8 Å². The summed E-state index contributed by atoms with van der Waals surface area (Å²) in [5.41, 5.74) is 0.101. The van der Waals surface area contributed by atoms with Crippen LogP contribution in [0.3, 0.4) is 0 Å². The molecule has 0 N–H and O–H groups in total. The molecule has 1 unspecified atom stereocenters. The second-order valence-electron chi connectivity index (χ2n) is 4.33. The number of rotatable bonds is 1. The molecule has 3 rings (SSSR count). The normalized spacial score (nSPS) is 49.6. The van der Waals surface area contributed by atoms with Crippen LogP contribution in [0.2, 0.25) is 0 Å². The molecule has 11 heavy (non-hydrogen) atoms. The van der Waals surface area contributed by atoms with Crippen molar-refractivity contribution in [1.29, 1.82) is 0 Å². The zero-order valence-electron chi connectivity index (χ0n) is 7.05. The van der Waals surface area contributed by atoms with Crippen molar-refractivity contribution in [3.63, 3.8) is 0 Å². The van der Waals surface area contributed by atoms with E-state index in [1.165, 1.54) is 32.1 Å². The minimum absolute atomic E-state index is 0.101. The van der Waals surface area contributed by atoms with E-state index in [9.17, 15) is 0 Å². The van der Waals surface area contributed by atoms with Gasteiger partial charge in [-0.1, -0.05) is 0 Å². The Bertz CT molecular complexity index is 152. The summed E-state index contributed by atoms with van der Waals surface area (Å²) in [6.07, 6.45) is 6.82. The van der Waals surface area contributed by atoms with Crippen molar-refractivity contribution in [2.75, 3.05) is 0 Å². The highest BCUT2D eigenvalue weighted by atomic mass is 32.1. The molecule has 0 saturated heterocycles. The monoisotopic (exact) mass is 172 g/mol. The van der Waals surface area contributed by atoms with Gasteiger partial charge in [0.15, 0.2) is 0 Å². The lowest BCUT2D eigenvalue weighted by atomic mass is 9.63. The zero-order valence-corrected chi connectivity index (χ0v) is 7.94. The van der Waals surface area contributed by atoms with Crippen LogP contribution in [0.4, 0.5) is 0 Å². The van der Waals surface area contributed by atoms with Crippen LogP contribution in [-0.4, -0.2) is 5.60 Å². The van der Waals surface area contributed by atoms with Gasteiger partial charge in [-0.2, -0.15) is 0 Å². The average Bonchev–Trinajstić information content (AvgIpc) is 2.06. The van der Waals surface area contributed by atoms with Gasteiger partial charge in [0.2, 0.25) is 0 Å². The molecule has 2 heteroatoms. The molecule has 2 bridgehead atoms. The Balaban J connectivity index is 2.13. The lowest BCUT2D eigenvalue weighted by molar-refractivity contribution is -0.0487. The number of thiol groups is 1. The molecule has 1 nitrogen and oxygen atoms in total. The van der Waals surface area contributed by atoms with E-state index in [1.54, 1.807) is 0 Å². The second kappa shape index (κ2) is 2.67. The van der Waals surface area contributed by atoms with Crippen LogP contribution < -0.4 is 0 Å². The van der Waals surface area contributed by atoms with Crippen LogP contribution >= 0.6 is 12.9 Å². The van der Waals surface area contributed by atoms with Crippen LogP contribution in [0.5, 0.6) is 0 Å². The summed E-state index contributed by atoms with van der Waals surface area (Å²) in [4.78, 5) is 0. The van der Waals surface area contributed by atoms with E-state index in [0.717, 1.165) is 11.8 Å². The Morgan fingerprint density at radius 3 is 2.18 bits per heavy atom. The van der Waals surface area contributed by atoms with E-state index < -0.39 is 0 Å². The third-order valence-corrected chi connectivity index (χ3v) is 4.03. The number of fused-ring (bicyclic) bond motifs is 3. The summed E-state index contributed by atoms with van der Waals surface area (Å²) in [5.74, 6) is 1.71. The SMILES string of the molecule is CC1(OS)CC2CCC1CC2. The fourth-order valence-corrected chi connectivity index (χ4v) is 3.05. The van der Waals surface area contributed by atoms with Gasteiger partial charge in [0.25, 0.3) is 0 Å². The highest BCUT2D eigenvalue weighted by molar-refractivity contribution is 7.75. The second-order valence-corrected chi connectivity index (χ2v) is 4.51. The fraction of sp³-hybridized carbons (Fsp3) is 1.00. The predicted octanol–water partition coefficient (Wildman–Crippen LogP) is 2.82. The van der Waals surface area contributed by atoms with Gasteiger partial charge in [0, 0.05) is 0 Å². The quantitative estimate of drug-likeness (QED) is 0.472. The maximum atomic E-state index is 5.31. The van der Waals surface area contributed by atoms with Crippen molar-refractivity contribution in [3.05, 3.63) is 0 Å². The van der Waals surface area contributed by atoms with Gasteiger partial charge in [0.1, 0.15) is 0 Å². The van der Waals surface area contributed by atoms with Crippen LogP contribution in [0.1, 0.15) is 39.0 Å². The molecule has 3 saturated carbocycles. The van der Waals surface area contributed by atoms with E-state index in [0.29, 0.717) is 0 Å². The Morgan fingerprint density at radius 2 is 1.91 bits per heavy atom. The summed E-state index contributed by atoms with van der Waals surface area (Å²) >= 11 is 3.98. The van der Waals surface area contributed by atoms with Crippen LogP contribution in [0.15, 0.2) is 0 Å². The summed E-state index contributed by atoms with van der Waals surface area (Å²) < 4.78 is 5.31. The van der Waals surface area contributed by atoms with Crippen molar-refractivity contribution in [3.8, 4) is 0 Å². The molecule has 0 aromatic rings. The van der Waals surface area contributed by atoms with E-state index in [1.807, 2.05) is 0 Å². The molecular weight excluding hydrogens is 156 g/mol. The Labute approximate surface area is 74.1 Å². The first-order valence-corrected chi connectivity index (χ1v) is 4.94. The summed E-state index contributed by atoms with van der Waals surface area (Å²) in [6.45, 7) is 2.22. The first-order chi connectivity index (χ1) is 5.24. The molecule has 0 aromatic heterocycles. The third-order valence-electron chi connectivity index (χ3n) is 3.61. The molecule has 3 fully saturated rings. The van der Waals surface area contributed by atoms with Crippen molar-refractivity contribution < 1.29 is 4.18 Å². The van der Waals surface area contributed by atoms with Crippen LogP contribution in [0, 0.1) is 11.8 Å².